The molecular formula is C62H140B2O4. The molecule has 0 aromatic heterocycles. The highest BCUT2D eigenvalue weighted by Crippen LogP contribution is 1.92. The number of rotatable bonds is 0. The minimum atomic E-state index is 0. The zero-order chi connectivity index (χ0) is 54.7. The van der Waals surface area contributed by atoms with Crippen molar-refractivity contribution in [3.05, 3.63) is 145 Å². The summed E-state index contributed by atoms with van der Waals surface area (Å²) in [6.45, 7) is 54.1. The average Bonchev–Trinajstić information content (AvgIpc) is 3.42. The number of benzene rings is 4. The standard InChI is InChI=1S/C7H8.3C6H6.4C2H6O.13C2H6.3CH4.2B/c1-7-5-3-2-4-6-7;3*1-2-4-6-5-3-1;4*1-3-2;13*1-2;;;;;/h2-6H,1H3;3*1-6H;4*1-2H3;13*1-2H3;3*1H4;;. The molecule has 0 atom stereocenters. The van der Waals surface area contributed by atoms with Crippen LogP contribution in [0.25, 0.3) is 0 Å². The summed E-state index contributed by atoms with van der Waals surface area (Å²) in [5, 5.41) is 0. The van der Waals surface area contributed by atoms with Crippen LogP contribution in [0.5, 0.6) is 0 Å². The largest absolute Gasteiger partial charge is 0.388 e. The second-order valence-electron chi connectivity index (χ2n) is 6.75. The minimum Gasteiger partial charge on any atom is -0.388 e. The van der Waals surface area contributed by atoms with Crippen LogP contribution < -0.4 is 0 Å². The molecule has 0 N–H and O–H groups in total. The Morgan fingerprint density at radius 3 is 0.294 bits per heavy atom. The quantitative estimate of drug-likeness (QED) is 0.165. The molecule has 418 valence electrons. The summed E-state index contributed by atoms with van der Waals surface area (Å²) in [5.41, 5.74) is 1.32. The molecule has 4 nitrogen and oxygen atoms in total. The summed E-state index contributed by atoms with van der Waals surface area (Å²) in [4.78, 5) is 0. The Morgan fingerprint density at radius 1 is 0.191 bits per heavy atom. The third-order valence-electron chi connectivity index (χ3n) is 2.94. The van der Waals surface area contributed by atoms with Crippen molar-refractivity contribution < 1.29 is 18.9 Å². The molecule has 0 spiro atoms. The molecule has 0 unspecified atom stereocenters. The molecule has 4 aromatic carbocycles. The normalized spacial score (nSPS) is 5.22. The number of methoxy groups -OCH3 is 4. The van der Waals surface area contributed by atoms with Gasteiger partial charge in [0.05, 0.1) is 0 Å². The predicted octanol–water partition coefficient (Wildman–Crippen LogP) is 22.6. The molecule has 0 aliphatic carbocycles. The summed E-state index contributed by atoms with van der Waals surface area (Å²) >= 11 is 0. The van der Waals surface area contributed by atoms with Crippen molar-refractivity contribution in [3.8, 4) is 0 Å². The van der Waals surface area contributed by atoms with Crippen LogP contribution in [-0.4, -0.2) is 73.7 Å². The van der Waals surface area contributed by atoms with Gasteiger partial charge in [-0.2, -0.15) is 0 Å². The molecule has 0 amide bonds. The van der Waals surface area contributed by atoms with E-state index in [-0.39, 0.29) is 39.1 Å². The molecule has 0 aliphatic heterocycles. The smallest absolute Gasteiger partial charge is 0.0351 e. The first-order valence-corrected chi connectivity index (χ1v) is 24.7. The summed E-state index contributed by atoms with van der Waals surface area (Å²) in [6, 6.07) is 46.3. The SMILES string of the molecule is C.C.C.CC.CC.CC.CC.CC.CC.CC.CC.CC.CC.CC.CC.CC.COC.COC.COC.COC.Cc1ccccc1.[B].[B].c1ccccc1.c1ccccc1.c1ccccc1. The highest BCUT2D eigenvalue weighted by molar-refractivity contribution is 5.76. The molecule has 4 rings (SSSR count). The summed E-state index contributed by atoms with van der Waals surface area (Å²) < 4.78 is 17.0. The third-order valence-corrected chi connectivity index (χ3v) is 2.94. The van der Waals surface area contributed by atoms with Crippen molar-refractivity contribution in [1.82, 2.24) is 0 Å². The van der Waals surface area contributed by atoms with Crippen molar-refractivity contribution in [1.29, 1.82) is 0 Å². The maximum atomic E-state index is 4.25. The van der Waals surface area contributed by atoms with E-state index in [4.69, 9.17) is 0 Å². The van der Waals surface area contributed by atoms with Gasteiger partial charge in [0.2, 0.25) is 0 Å². The Labute approximate surface area is 445 Å². The van der Waals surface area contributed by atoms with Gasteiger partial charge < -0.3 is 18.9 Å². The van der Waals surface area contributed by atoms with E-state index >= 15 is 0 Å². The zero-order valence-electron chi connectivity index (χ0n) is 51.6. The van der Waals surface area contributed by atoms with Crippen LogP contribution >= 0.6 is 0 Å². The van der Waals surface area contributed by atoms with Gasteiger partial charge in [0.1, 0.15) is 0 Å². The van der Waals surface area contributed by atoms with Crippen LogP contribution in [0.2, 0.25) is 0 Å². The Hall–Kier alpha value is -3.15. The van der Waals surface area contributed by atoms with Gasteiger partial charge in [0.15, 0.2) is 0 Å². The lowest BCUT2D eigenvalue weighted by Gasteiger charge is -1.82. The molecule has 6 heteroatoms. The maximum Gasteiger partial charge on any atom is 0.0351 e. The van der Waals surface area contributed by atoms with Gasteiger partial charge in [0.25, 0.3) is 0 Å². The predicted molar refractivity (Wildman–Crippen MR) is 341 cm³/mol. The minimum absolute atomic E-state index is 0. The molecule has 0 heterocycles. The monoisotopic (exact) mass is 971 g/mol. The molecule has 0 fully saturated rings. The molecule has 0 saturated carbocycles. The van der Waals surface area contributed by atoms with Crippen molar-refractivity contribution in [2.45, 2.75) is 209 Å². The van der Waals surface area contributed by atoms with Gasteiger partial charge in [-0.05, 0) is 6.92 Å². The van der Waals surface area contributed by atoms with E-state index in [1.54, 1.807) is 56.9 Å². The van der Waals surface area contributed by atoms with Crippen molar-refractivity contribution >= 4 is 16.8 Å². The van der Waals surface area contributed by atoms with E-state index in [0.717, 1.165) is 0 Å². The van der Waals surface area contributed by atoms with Crippen LogP contribution in [0.1, 0.15) is 208 Å². The highest BCUT2D eigenvalue weighted by atomic mass is 16.5. The van der Waals surface area contributed by atoms with Gasteiger partial charge in [-0.15, -0.1) is 0 Å². The zero-order valence-corrected chi connectivity index (χ0v) is 51.6. The van der Waals surface area contributed by atoms with E-state index in [2.05, 4.69) is 38.0 Å². The van der Waals surface area contributed by atoms with E-state index < -0.39 is 0 Å². The van der Waals surface area contributed by atoms with E-state index in [1.807, 2.05) is 307 Å². The molecule has 4 aromatic rings. The number of hydrogen-bond donors (Lipinski definition) is 0. The fourth-order valence-corrected chi connectivity index (χ4v) is 1.69. The Kier molecular flexibility index (Phi) is 741. The lowest BCUT2D eigenvalue weighted by molar-refractivity contribution is 0.277. The second-order valence-corrected chi connectivity index (χ2v) is 6.75. The molecule has 6 radical (unpaired) electrons. The first kappa shape index (κ1) is 144. The topological polar surface area (TPSA) is 36.9 Å². The molecule has 0 bridgehead atoms. The van der Waals surface area contributed by atoms with Crippen LogP contribution in [0.15, 0.2) is 140 Å². The summed E-state index contributed by atoms with van der Waals surface area (Å²) in [5.74, 6) is 0. The highest BCUT2D eigenvalue weighted by Gasteiger charge is 1.72. The first-order valence-electron chi connectivity index (χ1n) is 24.7. The maximum absolute atomic E-state index is 4.25. The van der Waals surface area contributed by atoms with Gasteiger partial charge in [-0.25, -0.2) is 0 Å². The van der Waals surface area contributed by atoms with Gasteiger partial charge in [-0.1, -0.05) is 347 Å². The van der Waals surface area contributed by atoms with Crippen molar-refractivity contribution in [3.63, 3.8) is 0 Å². The van der Waals surface area contributed by atoms with Crippen molar-refractivity contribution in [2.75, 3.05) is 56.9 Å². The van der Waals surface area contributed by atoms with E-state index in [9.17, 15) is 0 Å². The molecular weight excluding hydrogens is 830 g/mol. The number of ether oxygens (including phenoxy) is 4. The Morgan fingerprint density at radius 2 is 0.250 bits per heavy atom. The van der Waals surface area contributed by atoms with Gasteiger partial charge in [-0.3, -0.25) is 0 Å². The lowest BCUT2D eigenvalue weighted by Crippen LogP contribution is -1.62. The van der Waals surface area contributed by atoms with Crippen molar-refractivity contribution in [2.24, 2.45) is 0 Å². The molecule has 68 heavy (non-hydrogen) atoms. The average molecular weight is 971 g/mol. The Balaban J connectivity index is -0.0000000167. The van der Waals surface area contributed by atoms with Crippen LogP contribution in [0, 0.1) is 6.92 Å². The first-order chi connectivity index (χ1) is 31.1. The van der Waals surface area contributed by atoms with Gasteiger partial charge >= 0.3 is 0 Å². The second kappa shape index (κ2) is 350. The van der Waals surface area contributed by atoms with E-state index in [0.29, 0.717) is 0 Å². The third kappa shape index (κ3) is 460. The molecule has 0 saturated heterocycles. The fraction of sp³-hybridized carbons (Fsp3) is 0.613. The van der Waals surface area contributed by atoms with Crippen LogP contribution in [0.3, 0.4) is 0 Å². The van der Waals surface area contributed by atoms with Crippen LogP contribution in [-0.2, 0) is 18.9 Å². The van der Waals surface area contributed by atoms with E-state index in [1.165, 1.54) is 5.56 Å². The summed E-state index contributed by atoms with van der Waals surface area (Å²) in [7, 11) is 13.0. The lowest BCUT2D eigenvalue weighted by atomic mass is 10.2. The Bertz CT molecular complexity index is 621. The fourth-order valence-electron chi connectivity index (χ4n) is 1.69. The summed E-state index contributed by atoms with van der Waals surface area (Å²) in [6.07, 6.45) is 0. The van der Waals surface area contributed by atoms with Gasteiger partial charge in [0, 0.05) is 73.7 Å². The number of aryl methyl sites for hydroxylation is 1. The number of hydrogen-bond acceptors (Lipinski definition) is 4. The molecule has 0 aliphatic rings. The van der Waals surface area contributed by atoms with Crippen LogP contribution in [0.4, 0.5) is 0 Å².